The highest BCUT2D eigenvalue weighted by molar-refractivity contribution is 5.91. The second-order valence-electron chi connectivity index (χ2n) is 5.59. The summed E-state index contributed by atoms with van der Waals surface area (Å²) in [4.78, 5) is 12.1. The van der Waals surface area contributed by atoms with Gasteiger partial charge >= 0.3 is 0 Å². The molecule has 0 bridgehead atoms. The number of amides is 1. The average Bonchev–Trinajstić information content (AvgIpc) is 2.98. The highest BCUT2D eigenvalue weighted by atomic mass is 16.2. The summed E-state index contributed by atoms with van der Waals surface area (Å²) in [7, 11) is 0. The minimum Gasteiger partial charge on any atom is -0.384 e. The number of carbonyl (C=O) groups excluding carboxylic acids is 1. The topological polar surface area (TPSA) is 49.3 Å². The third-order valence-corrected chi connectivity index (χ3v) is 4.02. The summed E-state index contributed by atoms with van der Waals surface area (Å²) in [6.45, 7) is 1.92. The fraction of sp³-hybridized carbons (Fsp3) is 0.500. The Labute approximate surface area is 126 Å². The zero-order chi connectivity index (χ0) is 15.1. The highest BCUT2D eigenvalue weighted by Crippen LogP contribution is 2.28. The first-order chi connectivity index (χ1) is 10.2. The number of hydrogen-bond acceptors (Lipinski definition) is 2. The molecule has 0 spiro atoms. The van der Waals surface area contributed by atoms with Gasteiger partial charge in [-0.25, -0.2) is 0 Å². The Morgan fingerprint density at radius 2 is 2.14 bits per heavy atom. The number of aliphatic hydroxyl groups is 1. The van der Waals surface area contributed by atoms with Gasteiger partial charge in [0, 0.05) is 17.7 Å². The largest absolute Gasteiger partial charge is 0.384 e. The van der Waals surface area contributed by atoms with Crippen LogP contribution < -0.4 is 5.32 Å². The second kappa shape index (κ2) is 7.85. The SMILES string of the molecule is CCc1cc(C#CCO)ccc1NC(=O)CC1CCCC1. The van der Waals surface area contributed by atoms with Crippen molar-refractivity contribution in [3.63, 3.8) is 0 Å². The van der Waals surface area contributed by atoms with E-state index in [0.717, 1.165) is 23.2 Å². The third kappa shape index (κ3) is 4.61. The lowest BCUT2D eigenvalue weighted by Crippen LogP contribution is -2.16. The van der Waals surface area contributed by atoms with Gasteiger partial charge in [0.25, 0.3) is 0 Å². The summed E-state index contributed by atoms with van der Waals surface area (Å²) in [5.41, 5.74) is 2.84. The average molecular weight is 285 g/mol. The van der Waals surface area contributed by atoms with Gasteiger partial charge in [-0.05, 0) is 48.9 Å². The van der Waals surface area contributed by atoms with E-state index >= 15 is 0 Å². The van der Waals surface area contributed by atoms with Gasteiger partial charge in [-0.3, -0.25) is 4.79 Å². The van der Waals surface area contributed by atoms with E-state index < -0.39 is 0 Å². The van der Waals surface area contributed by atoms with Crippen LogP contribution in [-0.4, -0.2) is 17.6 Å². The van der Waals surface area contributed by atoms with Crippen LogP contribution in [-0.2, 0) is 11.2 Å². The van der Waals surface area contributed by atoms with Crippen LogP contribution in [0.4, 0.5) is 5.69 Å². The Bertz CT molecular complexity index is 548. The van der Waals surface area contributed by atoms with Crippen molar-refractivity contribution in [2.45, 2.75) is 45.4 Å². The molecule has 1 amide bonds. The monoisotopic (exact) mass is 285 g/mol. The number of rotatable bonds is 4. The molecule has 112 valence electrons. The molecule has 0 aliphatic heterocycles. The first-order valence-corrected chi connectivity index (χ1v) is 7.75. The first-order valence-electron chi connectivity index (χ1n) is 7.75. The molecule has 21 heavy (non-hydrogen) atoms. The number of hydrogen-bond donors (Lipinski definition) is 2. The van der Waals surface area contributed by atoms with Gasteiger partial charge in [-0.2, -0.15) is 0 Å². The quantitative estimate of drug-likeness (QED) is 0.835. The molecule has 1 aromatic carbocycles. The van der Waals surface area contributed by atoms with Crippen molar-refractivity contribution in [2.75, 3.05) is 11.9 Å². The van der Waals surface area contributed by atoms with Gasteiger partial charge in [0.15, 0.2) is 0 Å². The Kier molecular flexibility index (Phi) is 5.83. The zero-order valence-corrected chi connectivity index (χ0v) is 12.6. The van der Waals surface area contributed by atoms with Crippen LogP contribution in [0.3, 0.4) is 0 Å². The summed E-state index contributed by atoms with van der Waals surface area (Å²) in [6.07, 6.45) is 6.36. The molecule has 0 radical (unpaired) electrons. The zero-order valence-electron chi connectivity index (χ0n) is 12.6. The van der Waals surface area contributed by atoms with E-state index in [1.807, 2.05) is 18.2 Å². The Morgan fingerprint density at radius 1 is 1.38 bits per heavy atom. The van der Waals surface area contributed by atoms with Crippen molar-refractivity contribution in [1.82, 2.24) is 0 Å². The maximum atomic E-state index is 12.1. The van der Waals surface area contributed by atoms with Crippen LogP contribution in [0.5, 0.6) is 0 Å². The van der Waals surface area contributed by atoms with Crippen molar-refractivity contribution in [1.29, 1.82) is 0 Å². The van der Waals surface area contributed by atoms with Crippen LogP contribution >= 0.6 is 0 Å². The fourth-order valence-corrected chi connectivity index (χ4v) is 2.91. The van der Waals surface area contributed by atoms with Gasteiger partial charge in [0.05, 0.1) is 0 Å². The molecule has 1 aliphatic carbocycles. The maximum absolute atomic E-state index is 12.1. The van der Waals surface area contributed by atoms with Crippen LogP contribution in [0.15, 0.2) is 18.2 Å². The molecule has 1 aromatic rings. The minimum absolute atomic E-state index is 0.116. The molecule has 0 aromatic heterocycles. The second-order valence-corrected chi connectivity index (χ2v) is 5.59. The summed E-state index contributed by atoms with van der Waals surface area (Å²) >= 11 is 0. The van der Waals surface area contributed by atoms with Gasteiger partial charge in [-0.15, -0.1) is 0 Å². The number of benzene rings is 1. The van der Waals surface area contributed by atoms with Crippen LogP contribution in [0.25, 0.3) is 0 Å². The van der Waals surface area contributed by atoms with Gasteiger partial charge < -0.3 is 10.4 Å². The molecule has 0 heterocycles. The molecule has 1 aliphatic rings. The standard InChI is InChI=1S/C18H23NO2/c1-2-16-12-15(8-5-11-20)9-10-17(16)19-18(21)13-14-6-3-4-7-14/h9-10,12,14,20H,2-4,6-7,11,13H2,1H3,(H,19,21). The molecule has 0 atom stereocenters. The van der Waals surface area contributed by atoms with Gasteiger partial charge in [0.2, 0.25) is 5.91 Å². The van der Waals surface area contributed by atoms with Gasteiger partial charge in [0.1, 0.15) is 6.61 Å². The van der Waals surface area contributed by atoms with E-state index in [2.05, 4.69) is 24.1 Å². The van der Waals surface area contributed by atoms with E-state index in [0.29, 0.717) is 12.3 Å². The third-order valence-electron chi connectivity index (χ3n) is 4.02. The van der Waals surface area contributed by atoms with E-state index in [9.17, 15) is 4.79 Å². The molecule has 0 unspecified atom stereocenters. The van der Waals surface area contributed by atoms with Crippen LogP contribution in [0, 0.1) is 17.8 Å². The van der Waals surface area contributed by atoms with Crippen LogP contribution in [0.2, 0.25) is 0 Å². The fourth-order valence-electron chi connectivity index (χ4n) is 2.91. The molecule has 1 saturated carbocycles. The lowest BCUT2D eigenvalue weighted by Gasteiger charge is -2.13. The Hall–Kier alpha value is -1.79. The molecule has 3 nitrogen and oxygen atoms in total. The Morgan fingerprint density at radius 3 is 2.81 bits per heavy atom. The number of anilines is 1. The van der Waals surface area contributed by atoms with E-state index in [4.69, 9.17) is 5.11 Å². The summed E-state index contributed by atoms with van der Waals surface area (Å²) < 4.78 is 0. The van der Waals surface area contributed by atoms with Crippen molar-refractivity contribution < 1.29 is 9.90 Å². The number of aryl methyl sites for hydroxylation is 1. The Balaban J connectivity index is 2.02. The van der Waals surface area contributed by atoms with E-state index in [1.54, 1.807) is 0 Å². The smallest absolute Gasteiger partial charge is 0.224 e. The van der Waals surface area contributed by atoms with Crippen molar-refractivity contribution in [2.24, 2.45) is 5.92 Å². The molecule has 1 fully saturated rings. The predicted octanol–water partition coefficient (Wildman–Crippen LogP) is 3.11. The van der Waals surface area contributed by atoms with Gasteiger partial charge in [-0.1, -0.05) is 31.6 Å². The summed E-state index contributed by atoms with van der Waals surface area (Å²) in [5, 5.41) is 11.8. The molecule has 2 rings (SSSR count). The van der Waals surface area contributed by atoms with E-state index in [-0.39, 0.29) is 12.5 Å². The lowest BCUT2D eigenvalue weighted by molar-refractivity contribution is -0.117. The first kappa shape index (κ1) is 15.6. The normalized spacial score (nSPS) is 14.6. The van der Waals surface area contributed by atoms with Crippen molar-refractivity contribution in [3.8, 4) is 11.8 Å². The summed E-state index contributed by atoms with van der Waals surface area (Å²) in [6, 6.07) is 5.77. The van der Waals surface area contributed by atoms with Crippen molar-refractivity contribution in [3.05, 3.63) is 29.3 Å². The molecular weight excluding hydrogens is 262 g/mol. The molecule has 2 N–H and O–H groups in total. The number of aliphatic hydroxyl groups excluding tert-OH is 1. The lowest BCUT2D eigenvalue weighted by atomic mass is 10.0. The van der Waals surface area contributed by atoms with Crippen LogP contribution in [0.1, 0.15) is 50.2 Å². The molecular formula is C18H23NO2. The highest BCUT2D eigenvalue weighted by Gasteiger charge is 2.18. The van der Waals surface area contributed by atoms with E-state index in [1.165, 1.54) is 25.7 Å². The number of carbonyl (C=O) groups is 1. The minimum atomic E-state index is -0.138. The number of nitrogens with one attached hydrogen (secondary N) is 1. The maximum Gasteiger partial charge on any atom is 0.224 e. The predicted molar refractivity (Wildman–Crippen MR) is 85.0 cm³/mol. The molecule has 0 saturated heterocycles. The summed E-state index contributed by atoms with van der Waals surface area (Å²) in [5.74, 6) is 6.21. The molecule has 3 heteroatoms. The van der Waals surface area contributed by atoms with Crippen molar-refractivity contribution >= 4 is 11.6 Å².